The van der Waals surface area contributed by atoms with Crippen LogP contribution in [0.4, 0.5) is 0 Å². The molecule has 0 aliphatic carbocycles. The standard InChI is InChI=1S/C24H25BrN4O2/c1-3-15-28(16-4-2)23(30)17-29-21-8-6-5-7-20(21)27-22(29)13-14-26-24(31)18-9-11-19(25)12-10-18/h3-12H,1-2,13-17H2,(H,26,31). The average molecular weight is 481 g/mol. The molecule has 0 saturated carbocycles. The Balaban J connectivity index is 1.75. The molecule has 0 aliphatic rings. The van der Waals surface area contributed by atoms with Gasteiger partial charge < -0.3 is 14.8 Å². The van der Waals surface area contributed by atoms with Crippen molar-refractivity contribution < 1.29 is 9.59 Å². The number of hydrogen-bond donors (Lipinski definition) is 1. The molecule has 3 rings (SSSR count). The first-order valence-electron chi connectivity index (χ1n) is 10.0. The third-order valence-electron chi connectivity index (χ3n) is 4.82. The van der Waals surface area contributed by atoms with Gasteiger partial charge in [-0.1, -0.05) is 40.2 Å². The van der Waals surface area contributed by atoms with Crippen molar-refractivity contribution in [2.45, 2.75) is 13.0 Å². The predicted molar refractivity (Wildman–Crippen MR) is 127 cm³/mol. The quantitative estimate of drug-likeness (QED) is 0.446. The van der Waals surface area contributed by atoms with Crippen molar-refractivity contribution in [2.75, 3.05) is 19.6 Å². The number of nitrogens with zero attached hydrogens (tertiary/aromatic N) is 3. The van der Waals surface area contributed by atoms with E-state index in [0.717, 1.165) is 21.3 Å². The summed E-state index contributed by atoms with van der Waals surface area (Å²) in [5.41, 5.74) is 2.31. The number of amides is 2. The Morgan fingerprint density at radius 3 is 2.42 bits per heavy atom. The molecule has 6 nitrogen and oxygen atoms in total. The van der Waals surface area contributed by atoms with Crippen molar-refractivity contribution in [3.63, 3.8) is 0 Å². The van der Waals surface area contributed by atoms with Gasteiger partial charge in [0.25, 0.3) is 5.91 Å². The van der Waals surface area contributed by atoms with E-state index in [-0.39, 0.29) is 18.4 Å². The average Bonchev–Trinajstić information content (AvgIpc) is 3.11. The lowest BCUT2D eigenvalue weighted by Crippen LogP contribution is -2.34. The Bertz CT molecular complexity index is 1080. The predicted octanol–water partition coefficient (Wildman–Crippen LogP) is 3.97. The van der Waals surface area contributed by atoms with E-state index in [9.17, 15) is 9.59 Å². The summed E-state index contributed by atoms with van der Waals surface area (Å²) < 4.78 is 2.84. The maximum atomic E-state index is 12.9. The van der Waals surface area contributed by atoms with Crippen LogP contribution in [0.2, 0.25) is 0 Å². The fourth-order valence-corrected chi connectivity index (χ4v) is 3.57. The number of imidazole rings is 1. The Kier molecular flexibility index (Phi) is 7.78. The number of carbonyl (C=O) groups excluding carboxylic acids is 2. The highest BCUT2D eigenvalue weighted by molar-refractivity contribution is 9.10. The molecule has 0 spiro atoms. The van der Waals surface area contributed by atoms with Gasteiger partial charge in [-0.15, -0.1) is 13.2 Å². The van der Waals surface area contributed by atoms with Crippen LogP contribution < -0.4 is 5.32 Å². The Morgan fingerprint density at radius 1 is 1.06 bits per heavy atom. The first-order valence-corrected chi connectivity index (χ1v) is 10.8. The maximum absolute atomic E-state index is 12.9. The van der Waals surface area contributed by atoms with E-state index < -0.39 is 0 Å². The van der Waals surface area contributed by atoms with Crippen LogP contribution in [0.15, 0.2) is 78.3 Å². The molecule has 1 heterocycles. The van der Waals surface area contributed by atoms with E-state index in [0.29, 0.717) is 31.6 Å². The van der Waals surface area contributed by atoms with E-state index >= 15 is 0 Å². The van der Waals surface area contributed by atoms with Gasteiger partial charge in [0, 0.05) is 36.1 Å². The van der Waals surface area contributed by atoms with E-state index in [1.54, 1.807) is 29.2 Å². The van der Waals surface area contributed by atoms with E-state index in [4.69, 9.17) is 4.98 Å². The second kappa shape index (κ2) is 10.7. The molecule has 31 heavy (non-hydrogen) atoms. The van der Waals surface area contributed by atoms with Gasteiger partial charge in [-0.05, 0) is 36.4 Å². The zero-order valence-corrected chi connectivity index (χ0v) is 18.8. The van der Waals surface area contributed by atoms with Gasteiger partial charge in [0.15, 0.2) is 0 Å². The molecule has 0 bridgehead atoms. The molecule has 1 N–H and O–H groups in total. The lowest BCUT2D eigenvalue weighted by Gasteiger charge is -2.20. The van der Waals surface area contributed by atoms with Gasteiger partial charge >= 0.3 is 0 Å². The lowest BCUT2D eigenvalue weighted by molar-refractivity contribution is -0.130. The molecule has 2 aromatic carbocycles. The van der Waals surface area contributed by atoms with Gasteiger partial charge in [0.05, 0.1) is 11.0 Å². The maximum Gasteiger partial charge on any atom is 0.251 e. The molecule has 2 amide bonds. The summed E-state index contributed by atoms with van der Waals surface area (Å²) in [4.78, 5) is 31.7. The second-order valence-electron chi connectivity index (χ2n) is 6.99. The number of carbonyl (C=O) groups is 2. The van der Waals surface area contributed by atoms with Crippen LogP contribution in [0.3, 0.4) is 0 Å². The number of aromatic nitrogens is 2. The van der Waals surface area contributed by atoms with Crippen molar-refractivity contribution in [1.82, 2.24) is 19.8 Å². The van der Waals surface area contributed by atoms with Gasteiger partial charge in [0.1, 0.15) is 12.4 Å². The first-order chi connectivity index (χ1) is 15.0. The largest absolute Gasteiger partial charge is 0.352 e. The Labute approximate surface area is 190 Å². The highest BCUT2D eigenvalue weighted by atomic mass is 79.9. The highest BCUT2D eigenvalue weighted by Gasteiger charge is 2.17. The van der Waals surface area contributed by atoms with Crippen LogP contribution in [0.1, 0.15) is 16.2 Å². The van der Waals surface area contributed by atoms with Crippen molar-refractivity contribution in [3.8, 4) is 0 Å². The first kappa shape index (κ1) is 22.5. The zero-order chi connectivity index (χ0) is 22.2. The number of nitrogens with one attached hydrogen (secondary N) is 1. The Hall–Kier alpha value is -3.19. The van der Waals surface area contributed by atoms with Crippen molar-refractivity contribution >= 4 is 38.8 Å². The van der Waals surface area contributed by atoms with Gasteiger partial charge in [-0.3, -0.25) is 9.59 Å². The molecule has 0 aliphatic heterocycles. The minimum absolute atomic E-state index is 0.0388. The topological polar surface area (TPSA) is 67.2 Å². The smallest absolute Gasteiger partial charge is 0.251 e. The number of fused-ring (bicyclic) bond motifs is 1. The lowest BCUT2D eigenvalue weighted by atomic mass is 10.2. The van der Waals surface area contributed by atoms with Crippen LogP contribution in [-0.4, -0.2) is 45.9 Å². The second-order valence-corrected chi connectivity index (χ2v) is 7.91. The molecule has 1 aromatic heterocycles. The number of benzene rings is 2. The number of halogens is 1. The van der Waals surface area contributed by atoms with Crippen LogP contribution in [0, 0.1) is 0 Å². The normalized spacial score (nSPS) is 10.6. The molecule has 0 unspecified atom stereocenters. The summed E-state index contributed by atoms with van der Waals surface area (Å²) in [6, 6.07) is 14.9. The molecular weight excluding hydrogens is 456 g/mol. The number of hydrogen-bond acceptors (Lipinski definition) is 3. The molecule has 3 aromatic rings. The Morgan fingerprint density at radius 2 is 1.74 bits per heavy atom. The number of para-hydroxylation sites is 2. The van der Waals surface area contributed by atoms with Crippen LogP contribution in [0.5, 0.6) is 0 Å². The number of rotatable bonds is 10. The van der Waals surface area contributed by atoms with E-state index in [2.05, 4.69) is 34.4 Å². The van der Waals surface area contributed by atoms with Crippen LogP contribution in [-0.2, 0) is 17.8 Å². The van der Waals surface area contributed by atoms with Gasteiger partial charge in [-0.2, -0.15) is 0 Å². The molecule has 0 atom stereocenters. The summed E-state index contributed by atoms with van der Waals surface area (Å²) in [7, 11) is 0. The third kappa shape index (κ3) is 5.70. The summed E-state index contributed by atoms with van der Waals surface area (Å²) >= 11 is 3.37. The monoisotopic (exact) mass is 480 g/mol. The van der Waals surface area contributed by atoms with Crippen molar-refractivity contribution in [3.05, 3.63) is 89.7 Å². The summed E-state index contributed by atoms with van der Waals surface area (Å²) in [5, 5.41) is 2.93. The third-order valence-corrected chi connectivity index (χ3v) is 5.35. The molecule has 160 valence electrons. The zero-order valence-electron chi connectivity index (χ0n) is 17.3. The van der Waals surface area contributed by atoms with Crippen LogP contribution in [0.25, 0.3) is 11.0 Å². The summed E-state index contributed by atoms with van der Waals surface area (Å²) in [6.07, 6.45) is 3.91. The SMILES string of the molecule is C=CCN(CC=C)C(=O)Cn1c(CCNC(=O)c2ccc(Br)cc2)nc2ccccc21. The molecule has 0 fully saturated rings. The van der Waals surface area contributed by atoms with Gasteiger partial charge in [-0.25, -0.2) is 4.98 Å². The summed E-state index contributed by atoms with van der Waals surface area (Å²) in [5.74, 6) is 0.570. The molecule has 0 saturated heterocycles. The van der Waals surface area contributed by atoms with Gasteiger partial charge in [0.2, 0.25) is 5.91 Å². The minimum atomic E-state index is -0.144. The van der Waals surface area contributed by atoms with Crippen molar-refractivity contribution in [1.29, 1.82) is 0 Å². The summed E-state index contributed by atoms with van der Waals surface area (Å²) in [6.45, 7) is 8.94. The molecule has 7 heteroatoms. The van der Waals surface area contributed by atoms with E-state index in [1.165, 1.54) is 0 Å². The fourth-order valence-electron chi connectivity index (χ4n) is 3.31. The highest BCUT2D eigenvalue weighted by Crippen LogP contribution is 2.17. The molecule has 0 radical (unpaired) electrons. The molecular formula is C24H25BrN4O2. The van der Waals surface area contributed by atoms with Crippen LogP contribution >= 0.6 is 15.9 Å². The van der Waals surface area contributed by atoms with Crippen molar-refractivity contribution in [2.24, 2.45) is 0 Å². The van der Waals surface area contributed by atoms with E-state index in [1.807, 2.05) is 41.0 Å². The minimum Gasteiger partial charge on any atom is -0.352 e. The fraction of sp³-hybridized carbons (Fsp3) is 0.208.